The second-order valence-corrected chi connectivity index (χ2v) is 3.37. The van der Waals surface area contributed by atoms with Crippen molar-refractivity contribution in [1.82, 2.24) is 10.6 Å². The SMILES string of the molecule is CCNC(=O)NC(C(=O)OC)c1ccccc1. The zero-order valence-electron chi connectivity index (χ0n) is 9.90. The Balaban J connectivity index is 2.82. The molecule has 1 aromatic carbocycles. The van der Waals surface area contributed by atoms with Crippen molar-refractivity contribution in [3.63, 3.8) is 0 Å². The third-order valence-electron chi connectivity index (χ3n) is 2.18. The maximum atomic E-state index is 11.6. The minimum absolute atomic E-state index is 0.397. The van der Waals surface area contributed by atoms with Gasteiger partial charge in [-0.1, -0.05) is 30.3 Å². The summed E-state index contributed by atoms with van der Waals surface area (Å²) in [6.45, 7) is 2.30. The van der Waals surface area contributed by atoms with E-state index in [1.165, 1.54) is 7.11 Å². The van der Waals surface area contributed by atoms with Crippen LogP contribution in [0.25, 0.3) is 0 Å². The number of carbonyl (C=O) groups excluding carboxylic acids is 2. The topological polar surface area (TPSA) is 67.4 Å². The second kappa shape index (κ2) is 6.52. The van der Waals surface area contributed by atoms with Gasteiger partial charge in [-0.25, -0.2) is 9.59 Å². The third kappa shape index (κ3) is 3.79. The Hall–Kier alpha value is -2.04. The first kappa shape index (κ1) is 13.0. The first-order valence-electron chi connectivity index (χ1n) is 5.36. The van der Waals surface area contributed by atoms with Crippen LogP contribution in [0, 0.1) is 0 Å². The van der Waals surface area contributed by atoms with Crippen LogP contribution in [0.4, 0.5) is 4.79 Å². The molecule has 0 aromatic heterocycles. The molecular formula is C12H16N2O3. The van der Waals surface area contributed by atoms with E-state index in [0.29, 0.717) is 12.1 Å². The van der Waals surface area contributed by atoms with E-state index in [1.807, 2.05) is 6.07 Å². The van der Waals surface area contributed by atoms with Crippen LogP contribution in [-0.4, -0.2) is 25.7 Å². The minimum atomic E-state index is -0.784. The van der Waals surface area contributed by atoms with Gasteiger partial charge in [-0.2, -0.15) is 0 Å². The molecule has 0 aliphatic rings. The van der Waals surface area contributed by atoms with Crippen molar-refractivity contribution in [3.05, 3.63) is 35.9 Å². The molecule has 0 radical (unpaired) electrons. The molecular weight excluding hydrogens is 220 g/mol. The highest BCUT2D eigenvalue weighted by Gasteiger charge is 2.22. The minimum Gasteiger partial charge on any atom is -0.467 e. The highest BCUT2D eigenvalue weighted by atomic mass is 16.5. The van der Waals surface area contributed by atoms with E-state index in [9.17, 15) is 9.59 Å². The molecule has 2 N–H and O–H groups in total. The van der Waals surface area contributed by atoms with Crippen molar-refractivity contribution in [2.24, 2.45) is 0 Å². The number of urea groups is 1. The summed E-state index contributed by atoms with van der Waals surface area (Å²) < 4.78 is 4.66. The van der Waals surface area contributed by atoms with Gasteiger partial charge < -0.3 is 15.4 Å². The number of ether oxygens (including phenoxy) is 1. The average Bonchev–Trinajstić information content (AvgIpc) is 2.36. The number of amides is 2. The molecule has 0 spiro atoms. The molecule has 0 aliphatic heterocycles. The lowest BCUT2D eigenvalue weighted by molar-refractivity contribution is -0.143. The van der Waals surface area contributed by atoms with Crippen LogP contribution < -0.4 is 10.6 Å². The first-order chi connectivity index (χ1) is 8.19. The summed E-state index contributed by atoms with van der Waals surface area (Å²) >= 11 is 0. The van der Waals surface area contributed by atoms with E-state index in [2.05, 4.69) is 15.4 Å². The van der Waals surface area contributed by atoms with Crippen molar-refractivity contribution in [1.29, 1.82) is 0 Å². The average molecular weight is 236 g/mol. The second-order valence-electron chi connectivity index (χ2n) is 3.37. The molecule has 2 amide bonds. The van der Waals surface area contributed by atoms with E-state index in [-0.39, 0.29) is 0 Å². The molecule has 17 heavy (non-hydrogen) atoms. The van der Waals surface area contributed by atoms with Crippen molar-refractivity contribution >= 4 is 12.0 Å². The fraction of sp³-hybridized carbons (Fsp3) is 0.333. The third-order valence-corrected chi connectivity index (χ3v) is 2.18. The predicted octanol–water partition coefficient (Wildman–Crippen LogP) is 1.22. The fourth-order valence-electron chi connectivity index (χ4n) is 1.38. The van der Waals surface area contributed by atoms with Gasteiger partial charge in [0, 0.05) is 6.54 Å². The van der Waals surface area contributed by atoms with E-state index >= 15 is 0 Å². The number of esters is 1. The molecule has 0 fully saturated rings. The summed E-state index contributed by atoms with van der Waals surface area (Å²) in [4.78, 5) is 23.0. The quantitative estimate of drug-likeness (QED) is 0.772. The van der Waals surface area contributed by atoms with Gasteiger partial charge in [0.2, 0.25) is 0 Å². The van der Waals surface area contributed by atoms with Crippen molar-refractivity contribution in [2.75, 3.05) is 13.7 Å². The van der Waals surface area contributed by atoms with Gasteiger partial charge in [-0.3, -0.25) is 0 Å². The maximum Gasteiger partial charge on any atom is 0.333 e. The lowest BCUT2D eigenvalue weighted by Gasteiger charge is -2.16. The Morgan fingerprint density at radius 2 is 1.94 bits per heavy atom. The van der Waals surface area contributed by atoms with Crippen LogP contribution in [0.1, 0.15) is 18.5 Å². The Kier molecular flexibility index (Phi) is 5.00. The van der Waals surface area contributed by atoms with Crippen LogP contribution in [0.15, 0.2) is 30.3 Å². The van der Waals surface area contributed by atoms with Crippen LogP contribution >= 0.6 is 0 Å². The van der Waals surface area contributed by atoms with Gasteiger partial charge in [-0.05, 0) is 12.5 Å². The molecule has 1 rings (SSSR count). The monoisotopic (exact) mass is 236 g/mol. The van der Waals surface area contributed by atoms with Crippen molar-refractivity contribution in [2.45, 2.75) is 13.0 Å². The predicted molar refractivity (Wildman–Crippen MR) is 63.4 cm³/mol. The van der Waals surface area contributed by atoms with Gasteiger partial charge in [0.15, 0.2) is 6.04 Å². The largest absolute Gasteiger partial charge is 0.467 e. The van der Waals surface area contributed by atoms with Gasteiger partial charge in [0.1, 0.15) is 0 Å². The van der Waals surface area contributed by atoms with E-state index in [4.69, 9.17) is 0 Å². The van der Waals surface area contributed by atoms with Crippen LogP contribution in [0.5, 0.6) is 0 Å². The zero-order valence-corrected chi connectivity index (χ0v) is 9.90. The van der Waals surface area contributed by atoms with E-state index in [0.717, 1.165) is 0 Å². The smallest absolute Gasteiger partial charge is 0.333 e. The molecule has 92 valence electrons. The van der Waals surface area contributed by atoms with E-state index < -0.39 is 18.0 Å². The summed E-state index contributed by atoms with van der Waals surface area (Å²) in [7, 11) is 1.29. The van der Waals surface area contributed by atoms with Gasteiger partial charge >= 0.3 is 12.0 Å². The number of carbonyl (C=O) groups is 2. The van der Waals surface area contributed by atoms with E-state index in [1.54, 1.807) is 31.2 Å². The zero-order chi connectivity index (χ0) is 12.7. The Labute approximate surface area is 100 Å². The van der Waals surface area contributed by atoms with Crippen LogP contribution in [0.2, 0.25) is 0 Å². The maximum absolute atomic E-state index is 11.6. The summed E-state index contributed by atoms with van der Waals surface area (Å²) in [5.74, 6) is -0.498. The van der Waals surface area contributed by atoms with Gasteiger partial charge in [-0.15, -0.1) is 0 Å². The van der Waals surface area contributed by atoms with Crippen molar-refractivity contribution in [3.8, 4) is 0 Å². The molecule has 0 saturated heterocycles. The number of rotatable bonds is 4. The molecule has 1 unspecified atom stereocenters. The summed E-state index contributed by atoms with van der Waals surface area (Å²) in [5, 5.41) is 5.13. The number of methoxy groups -OCH3 is 1. The molecule has 0 heterocycles. The Morgan fingerprint density at radius 1 is 1.29 bits per heavy atom. The van der Waals surface area contributed by atoms with Gasteiger partial charge in [0.25, 0.3) is 0 Å². The normalized spacial score (nSPS) is 11.4. The lowest BCUT2D eigenvalue weighted by Crippen LogP contribution is -2.41. The lowest BCUT2D eigenvalue weighted by atomic mass is 10.1. The summed E-state index contributed by atoms with van der Waals surface area (Å²) in [5.41, 5.74) is 0.686. The fourth-order valence-corrected chi connectivity index (χ4v) is 1.38. The molecule has 0 bridgehead atoms. The summed E-state index contributed by atoms with van der Waals surface area (Å²) in [6, 6.07) is 7.76. The summed E-state index contributed by atoms with van der Waals surface area (Å²) in [6.07, 6.45) is 0. The molecule has 5 heteroatoms. The number of hydrogen-bond acceptors (Lipinski definition) is 3. The number of hydrogen-bond donors (Lipinski definition) is 2. The molecule has 1 atom stereocenters. The standard InChI is InChI=1S/C12H16N2O3/c1-3-13-12(16)14-10(11(15)17-2)9-7-5-4-6-8-9/h4-8,10H,3H2,1-2H3,(H2,13,14,16). The molecule has 5 nitrogen and oxygen atoms in total. The Bertz CT molecular complexity index is 379. The van der Waals surface area contributed by atoms with Crippen molar-refractivity contribution < 1.29 is 14.3 Å². The highest BCUT2D eigenvalue weighted by molar-refractivity contribution is 5.84. The van der Waals surface area contributed by atoms with Gasteiger partial charge in [0.05, 0.1) is 7.11 Å². The highest BCUT2D eigenvalue weighted by Crippen LogP contribution is 2.13. The Morgan fingerprint density at radius 3 is 2.47 bits per heavy atom. The number of nitrogens with one attached hydrogen (secondary N) is 2. The van der Waals surface area contributed by atoms with Crippen LogP contribution in [-0.2, 0) is 9.53 Å². The first-order valence-corrected chi connectivity index (χ1v) is 5.36. The molecule has 0 saturated carbocycles. The molecule has 0 aliphatic carbocycles. The molecule has 1 aromatic rings. The van der Waals surface area contributed by atoms with Crippen LogP contribution in [0.3, 0.4) is 0 Å². The number of benzene rings is 1.